The number of Topliss-reactive ketones (excluding diaryl/α,β-unsaturated/α-hetero) is 2. The Morgan fingerprint density at radius 1 is 1.12 bits per heavy atom. The maximum Gasteiger partial charge on any atom is 0.255 e. The van der Waals surface area contributed by atoms with E-state index >= 15 is 0 Å². The maximum absolute atomic E-state index is 13.6. The third-order valence-corrected chi connectivity index (χ3v) is 7.03. The van der Waals surface area contributed by atoms with Gasteiger partial charge in [-0.3, -0.25) is 19.3 Å². The fourth-order valence-corrected chi connectivity index (χ4v) is 5.51. The van der Waals surface area contributed by atoms with Crippen LogP contribution in [0.4, 0.5) is 5.69 Å². The number of carbonyl (C=O) groups is 3. The number of ketones is 2. The van der Waals surface area contributed by atoms with E-state index in [-0.39, 0.29) is 29.7 Å². The molecule has 0 radical (unpaired) electrons. The Labute approximate surface area is 190 Å². The van der Waals surface area contributed by atoms with Crippen LogP contribution in [0, 0.1) is 11.8 Å². The highest BCUT2D eigenvalue weighted by molar-refractivity contribution is 6.24. The van der Waals surface area contributed by atoms with Gasteiger partial charge in [0, 0.05) is 37.3 Å². The number of aliphatic hydroxyl groups is 3. The zero-order valence-electron chi connectivity index (χ0n) is 18.8. The van der Waals surface area contributed by atoms with Crippen LogP contribution in [-0.2, 0) is 20.8 Å². The number of rotatable bonds is 3. The lowest BCUT2D eigenvalue weighted by Crippen LogP contribution is -2.65. The summed E-state index contributed by atoms with van der Waals surface area (Å²) in [6.07, 6.45) is 0.336. The Kier molecular flexibility index (Phi) is 5.06. The Balaban J connectivity index is 1.96. The number of anilines is 1. The number of aliphatic hydroxyl groups excluding tert-OH is 2. The first-order valence-corrected chi connectivity index (χ1v) is 10.5. The molecule has 1 amide bonds. The Morgan fingerprint density at radius 3 is 2.30 bits per heavy atom. The summed E-state index contributed by atoms with van der Waals surface area (Å²) in [6.45, 7) is 0. The molecule has 6 N–H and O–H groups in total. The highest BCUT2D eigenvalue weighted by atomic mass is 16.3. The van der Waals surface area contributed by atoms with Gasteiger partial charge in [0.05, 0.1) is 11.6 Å². The summed E-state index contributed by atoms with van der Waals surface area (Å²) < 4.78 is 0. The molecule has 0 aromatic heterocycles. The number of nitrogens with zero attached hydrogens (tertiary/aromatic N) is 2. The third kappa shape index (κ3) is 2.97. The van der Waals surface area contributed by atoms with E-state index in [1.807, 2.05) is 0 Å². The number of fused-ring (bicyclic) bond motifs is 3. The van der Waals surface area contributed by atoms with E-state index in [0.717, 1.165) is 0 Å². The normalized spacial score (nSPS) is 29.1. The number of nitrogens with two attached hydrogens (primary N) is 1. The van der Waals surface area contributed by atoms with Gasteiger partial charge in [-0.15, -0.1) is 0 Å². The van der Waals surface area contributed by atoms with Crippen LogP contribution in [0.2, 0.25) is 0 Å². The van der Waals surface area contributed by atoms with E-state index in [1.165, 1.54) is 11.0 Å². The Hall–Kier alpha value is -3.37. The van der Waals surface area contributed by atoms with Gasteiger partial charge in [0.25, 0.3) is 5.91 Å². The first-order valence-electron chi connectivity index (χ1n) is 10.5. The minimum atomic E-state index is -2.62. The van der Waals surface area contributed by atoms with E-state index in [0.29, 0.717) is 11.3 Å². The molecule has 3 aliphatic carbocycles. The summed E-state index contributed by atoms with van der Waals surface area (Å²) in [7, 11) is 6.73. The molecular weight excluding hydrogens is 430 g/mol. The summed E-state index contributed by atoms with van der Waals surface area (Å²) in [4.78, 5) is 41.9. The predicted molar refractivity (Wildman–Crippen MR) is 119 cm³/mol. The van der Waals surface area contributed by atoms with E-state index < -0.39 is 58.0 Å². The topological polar surface area (TPSA) is 165 Å². The molecule has 1 aromatic rings. The smallest absolute Gasteiger partial charge is 0.255 e. The van der Waals surface area contributed by atoms with E-state index in [9.17, 15) is 34.8 Å². The number of benzene rings is 1. The first-order chi connectivity index (χ1) is 15.3. The average molecular weight is 457 g/mol. The second-order valence-corrected chi connectivity index (χ2v) is 9.36. The predicted octanol–water partition coefficient (Wildman–Crippen LogP) is 0.0300. The minimum absolute atomic E-state index is 0.0682. The lowest BCUT2D eigenvalue weighted by atomic mass is 9.57. The maximum atomic E-state index is 13.6. The number of phenolic OH excluding ortho intramolecular Hbond substituents is 1. The van der Waals surface area contributed by atoms with Crippen molar-refractivity contribution in [3.63, 3.8) is 0 Å². The molecule has 0 bridgehead atoms. The van der Waals surface area contributed by atoms with Crippen molar-refractivity contribution < 1.29 is 34.8 Å². The van der Waals surface area contributed by atoms with Gasteiger partial charge in [-0.05, 0) is 44.5 Å². The minimum Gasteiger partial charge on any atom is -0.508 e. The van der Waals surface area contributed by atoms with Gasteiger partial charge in [0.15, 0.2) is 11.4 Å². The molecule has 0 heterocycles. The summed E-state index contributed by atoms with van der Waals surface area (Å²) in [5, 5.41) is 43.9. The second-order valence-electron chi connectivity index (χ2n) is 9.36. The van der Waals surface area contributed by atoms with Gasteiger partial charge in [-0.2, -0.15) is 0 Å². The van der Waals surface area contributed by atoms with Gasteiger partial charge in [0.2, 0.25) is 5.78 Å². The van der Waals surface area contributed by atoms with Crippen molar-refractivity contribution in [3.05, 3.63) is 40.2 Å². The molecular formula is C23H27N3O7. The number of hydrogen-bond donors (Lipinski definition) is 5. The van der Waals surface area contributed by atoms with Crippen LogP contribution < -0.4 is 10.6 Å². The molecule has 1 fully saturated rings. The molecule has 1 aromatic carbocycles. The number of carbonyl (C=O) groups excluding carboxylic acids is 3. The van der Waals surface area contributed by atoms with Crippen LogP contribution >= 0.6 is 0 Å². The highest BCUT2D eigenvalue weighted by Gasteiger charge is 2.64. The summed E-state index contributed by atoms with van der Waals surface area (Å²) >= 11 is 0. The lowest BCUT2D eigenvalue weighted by molar-refractivity contribution is -0.153. The van der Waals surface area contributed by atoms with Crippen LogP contribution in [0.5, 0.6) is 5.75 Å². The van der Waals surface area contributed by atoms with Gasteiger partial charge in [0.1, 0.15) is 22.8 Å². The van der Waals surface area contributed by atoms with E-state index in [2.05, 4.69) is 0 Å². The van der Waals surface area contributed by atoms with Crippen LogP contribution in [-0.4, -0.2) is 82.6 Å². The molecule has 10 heteroatoms. The van der Waals surface area contributed by atoms with Gasteiger partial charge >= 0.3 is 0 Å². The van der Waals surface area contributed by atoms with Crippen molar-refractivity contribution in [1.82, 2.24) is 4.90 Å². The molecule has 10 nitrogen and oxygen atoms in total. The van der Waals surface area contributed by atoms with Crippen LogP contribution in [0.15, 0.2) is 29.0 Å². The van der Waals surface area contributed by atoms with E-state index in [1.54, 1.807) is 39.2 Å². The number of likely N-dealkylation sites (N-methyl/N-ethyl adjacent to an activating group) is 1. The molecule has 0 spiro atoms. The molecule has 3 aliphatic rings. The standard InChI is InChI=1S/C23H27N3O7/c1-25(2)11-6-9-5-10-7-12-17(26(3)4)19(29)16(22(24)32)21(31)23(12,33)20(30)15(10)18(28)14(9)13(27)8-11/h6,8,10,12,17,27-28,31,33H,5,7H2,1-4H3,(H2,24,32)/t10-,12-,17-,23-/m0/s1. The number of amides is 1. The SMILES string of the molecule is CN(C)c1cc(O)c2c(c1)C[C@H]1C[C@H]3[C@H](N(C)C)C(=O)C(C(N)=O)=C(O)[C@@]3(O)C(=O)C1=C2O. The van der Waals surface area contributed by atoms with Gasteiger partial charge < -0.3 is 31.1 Å². The molecule has 4 atom stereocenters. The quantitative estimate of drug-likeness (QED) is 0.394. The fourth-order valence-electron chi connectivity index (χ4n) is 5.51. The second kappa shape index (κ2) is 7.32. The largest absolute Gasteiger partial charge is 0.508 e. The van der Waals surface area contributed by atoms with Gasteiger partial charge in [-0.1, -0.05) is 0 Å². The number of phenols is 1. The zero-order valence-corrected chi connectivity index (χ0v) is 18.8. The van der Waals surface area contributed by atoms with Crippen molar-refractivity contribution in [1.29, 1.82) is 0 Å². The summed E-state index contributed by atoms with van der Waals surface area (Å²) in [5.41, 5.74) is 3.09. The van der Waals surface area contributed by atoms with Crippen molar-refractivity contribution in [3.8, 4) is 5.75 Å². The summed E-state index contributed by atoms with van der Waals surface area (Å²) in [5.74, 6) is -6.52. The molecule has 33 heavy (non-hydrogen) atoms. The molecule has 1 saturated carbocycles. The number of hydrogen-bond acceptors (Lipinski definition) is 9. The molecule has 0 unspecified atom stereocenters. The van der Waals surface area contributed by atoms with Gasteiger partial charge in [-0.25, -0.2) is 0 Å². The van der Waals surface area contributed by atoms with Crippen molar-refractivity contribution in [2.75, 3.05) is 33.1 Å². The van der Waals surface area contributed by atoms with Crippen molar-refractivity contribution >= 4 is 28.9 Å². The first kappa shape index (κ1) is 22.8. The number of aromatic hydroxyl groups is 1. The van der Waals surface area contributed by atoms with Crippen molar-refractivity contribution in [2.24, 2.45) is 17.6 Å². The fraction of sp³-hybridized carbons (Fsp3) is 0.435. The van der Waals surface area contributed by atoms with Crippen molar-refractivity contribution in [2.45, 2.75) is 24.5 Å². The van der Waals surface area contributed by atoms with E-state index in [4.69, 9.17) is 5.73 Å². The number of primary amides is 1. The molecule has 176 valence electrons. The zero-order chi connectivity index (χ0) is 24.6. The van der Waals surface area contributed by atoms with Crippen LogP contribution in [0.25, 0.3) is 5.76 Å². The monoisotopic (exact) mass is 457 g/mol. The average Bonchev–Trinajstić information content (AvgIpc) is 2.69. The third-order valence-electron chi connectivity index (χ3n) is 7.03. The summed E-state index contributed by atoms with van der Waals surface area (Å²) in [6, 6.07) is 2.15. The molecule has 0 aliphatic heterocycles. The Morgan fingerprint density at radius 2 is 1.76 bits per heavy atom. The van der Waals surface area contributed by atoms with Crippen LogP contribution in [0.1, 0.15) is 17.5 Å². The van der Waals surface area contributed by atoms with Crippen LogP contribution in [0.3, 0.4) is 0 Å². The Bertz CT molecular complexity index is 1170. The molecule has 0 saturated heterocycles. The lowest BCUT2D eigenvalue weighted by Gasteiger charge is -2.50. The molecule has 4 rings (SSSR count). The highest BCUT2D eigenvalue weighted by Crippen LogP contribution is 2.52.